The van der Waals surface area contributed by atoms with Crippen LogP contribution in [-0.2, 0) is 0 Å². The number of carbonyl (C=O) groups is 1. The summed E-state index contributed by atoms with van der Waals surface area (Å²) < 4.78 is 6.14. The highest BCUT2D eigenvalue weighted by atomic mass is 79.9. The lowest BCUT2D eigenvalue weighted by Gasteiger charge is -2.05. The van der Waals surface area contributed by atoms with Crippen LogP contribution in [0.25, 0.3) is 11.3 Å². The molecule has 0 spiro atoms. The van der Waals surface area contributed by atoms with E-state index in [2.05, 4.69) is 26.1 Å². The van der Waals surface area contributed by atoms with Gasteiger partial charge in [-0.25, -0.2) is 4.79 Å². The van der Waals surface area contributed by atoms with E-state index in [0.717, 1.165) is 30.2 Å². The first-order valence-electron chi connectivity index (χ1n) is 6.50. The molecule has 0 aromatic carbocycles. The van der Waals surface area contributed by atoms with E-state index >= 15 is 0 Å². The third kappa shape index (κ3) is 2.35. The second-order valence-corrected chi connectivity index (χ2v) is 5.86. The Labute approximate surface area is 124 Å². The van der Waals surface area contributed by atoms with Gasteiger partial charge in [-0.05, 0) is 34.8 Å². The summed E-state index contributed by atoms with van der Waals surface area (Å²) >= 11 is 3.33. The first-order valence-corrected chi connectivity index (χ1v) is 7.30. The monoisotopic (exact) mass is 336 g/mol. The van der Waals surface area contributed by atoms with Crippen molar-refractivity contribution in [2.24, 2.45) is 0 Å². The van der Waals surface area contributed by atoms with E-state index in [1.807, 2.05) is 0 Å². The molecule has 104 valence electrons. The van der Waals surface area contributed by atoms with Crippen molar-refractivity contribution in [3.63, 3.8) is 0 Å². The van der Waals surface area contributed by atoms with Gasteiger partial charge in [0.1, 0.15) is 11.3 Å². The maximum atomic E-state index is 11.6. The fourth-order valence-electron chi connectivity index (χ4n) is 2.71. The summed E-state index contributed by atoms with van der Waals surface area (Å²) in [5.41, 5.74) is 1.18. The van der Waals surface area contributed by atoms with E-state index in [9.17, 15) is 9.90 Å². The number of carboxylic acids is 1. The smallest absolute Gasteiger partial charge is 0.341 e. The molecule has 0 unspecified atom stereocenters. The van der Waals surface area contributed by atoms with Crippen LogP contribution in [0.15, 0.2) is 27.5 Å². The van der Waals surface area contributed by atoms with Crippen LogP contribution in [0.3, 0.4) is 0 Å². The summed E-state index contributed by atoms with van der Waals surface area (Å²) in [5.74, 6) is -0.324. The summed E-state index contributed by atoms with van der Waals surface area (Å²) in [4.78, 5) is 15.6. The Morgan fingerprint density at radius 3 is 2.75 bits per heavy atom. The van der Waals surface area contributed by atoms with Gasteiger partial charge in [0.25, 0.3) is 0 Å². The zero-order valence-corrected chi connectivity index (χ0v) is 12.3. The van der Waals surface area contributed by atoms with Gasteiger partial charge in [-0.2, -0.15) is 0 Å². The average Bonchev–Trinajstić information content (AvgIpc) is 3.07. The van der Waals surface area contributed by atoms with E-state index in [1.54, 1.807) is 18.5 Å². The minimum absolute atomic E-state index is 0.169. The third-order valence-corrected chi connectivity index (χ3v) is 4.07. The predicted octanol–water partition coefficient (Wildman–Crippen LogP) is 3.85. The van der Waals surface area contributed by atoms with Crippen LogP contribution in [0, 0.1) is 0 Å². The second-order valence-electron chi connectivity index (χ2n) is 4.95. The fourth-order valence-corrected chi connectivity index (χ4v) is 3.08. The highest BCUT2D eigenvalue weighted by molar-refractivity contribution is 9.10. The Morgan fingerprint density at radius 1 is 1.35 bits per heavy atom. The van der Waals surface area contributed by atoms with Crippen molar-refractivity contribution in [2.75, 3.05) is 0 Å². The lowest BCUT2D eigenvalue weighted by Crippen LogP contribution is -2.04. The van der Waals surface area contributed by atoms with Gasteiger partial charge in [0.2, 0.25) is 0 Å². The minimum Gasteiger partial charge on any atom is -0.477 e. The molecule has 0 atom stereocenters. The van der Waals surface area contributed by atoms with Gasteiger partial charge in [0.05, 0.1) is 0 Å². The molecule has 0 saturated heterocycles. The van der Waals surface area contributed by atoms with Crippen LogP contribution in [0.5, 0.6) is 0 Å². The van der Waals surface area contributed by atoms with Crippen LogP contribution in [0.2, 0.25) is 0 Å². The van der Waals surface area contributed by atoms with Crippen LogP contribution < -0.4 is 0 Å². The highest BCUT2D eigenvalue weighted by Crippen LogP contribution is 2.39. The molecule has 6 heteroatoms. The van der Waals surface area contributed by atoms with E-state index < -0.39 is 5.97 Å². The summed E-state index contributed by atoms with van der Waals surface area (Å²) in [6.07, 6.45) is 7.38. The molecule has 20 heavy (non-hydrogen) atoms. The third-order valence-electron chi connectivity index (χ3n) is 3.64. The molecule has 0 radical (unpaired) electrons. The molecule has 1 fully saturated rings. The van der Waals surface area contributed by atoms with Crippen molar-refractivity contribution in [3.05, 3.63) is 34.3 Å². The molecular formula is C14H13BrN2O3. The molecule has 2 aromatic rings. The van der Waals surface area contributed by atoms with Crippen molar-refractivity contribution < 1.29 is 14.4 Å². The topological polar surface area (TPSA) is 76.2 Å². The summed E-state index contributed by atoms with van der Waals surface area (Å²) in [7, 11) is 0. The maximum Gasteiger partial charge on any atom is 0.341 e. The van der Waals surface area contributed by atoms with Crippen molar-refractivity contribution in [2.45, 2.75) is 31.6 Å². The van der Waals surface area contributed by atoms with Gasteiger partial charge in [-0.1, -0.05) is 18.0 Å². The van der Waals surface area contributed by atoms with E-state index in [1.165, 1.54) is 0 Å². The Morgan fingerprint density at radius 2 is 2.10 bits per heavy atom. The van der Waals surface area contributed by atoms with Crippen molar-refractivity contribution in [1.82, 2.24) is 10.1 Å². The van der Waals surface area contributed by atoms with Crippen LogP contribution >= 0.6 is 15.9 Å². The molecular weight excluding hydrogens is 324 g/mol. The molecule has 1 aliphatic rings. The Hall–Kier alpha value is -1.69. The molecule has 5 nitrogen and oxygen atoms in total. The number of hydrogen-bond donors (Lipinski definition) is 1. The summed E-state index contributed by atoms with van der Waals surface area (Å²) in [6, 6.07) is 1.79. The molecule has 1 aliphatic carbocycles. The first-order chi connectivity index (χ1) is 9.66. The van der Waals surface area contributed by atoms with Crippen LogP contribution in [0.4, 0.5) is 0 Å². The van der Waals surface area contributed by atoms with Gasteiger partial charge in [0, 0.05) is 28.3 Å². The standard InChI is InChI=1S/C14H13BrN2O3/c15-10-5-9(6-16-7-10)12-11(14(18)19)13(20-17-12)8-3-1-2-4-8/h5-8H,1-4H2,(H,18,19). The molecule has 3 rings (SSSR count). The van der Waals surface area contributed by atoms with Crippen molar-refractivity contribution in [1.29, 1.82) is 0 Å². The average molecular weight is 337 g/mol. The lowest BCUT2D eigenvalue weighted by molar-refractivity contribution is 0.0694. The number of aromatic nitrogens is 2. The highest BCUT2D eigenvalue weighted by Gasteiger charge is 2.30. The molecule has 0 aliphatic heterocycles. The molecule has 2 heterocycles. The quantitative estimate of drug-likeness (QED) is 0.920. The number of halogens is 1. The van der Waals surface area contributed by atoms with Crippen LogP contribution in [-0.4, -0.2) is 21.2 Å². The van der Waals surface area contributed by atoms with Crippen molar-refractivity contribution >= 4 is 21.9 Å². The maximum absolute atomic E-state index is 11.6. The summed E-state index contributed by atoms with van der Waals surface area (Å²) in [6.45, 7) is 0. The van der Waals surface area contributed by atoms with Gasteiger partial charge in [-0.15, -0.1) is 0 Å². The Kier molecular flexibility index (Phi) is 3.56. The number of hydrogen-bond acceptors (Lipinski definition) is 4. The van der Waals surface area contributed by atoms with Gasteiger partial charge >= 0.3 is 5.97 Å². The second kappa shape index (κ2) is 5.36. The fraction of sp³-hybridized carbons (Fsp3) is 0.357. The molecule has 2 aromatic heterocycles. The molecule has 1 saturated carbocycles. The van der Waals surface area contributed by atoms with E-state index in [0.29, 0.717) is 17.0 Å². The molecule has 1 N–H and O–H groups in total. The lowest BCUT2D eigenvalue weighted by atomic mass is 9.98. The van der Waals surface area contributed by atoms with E-state index in [4.69, 9.17) is 4.52 Å². The minimum atomic E-state index is -0.997. The SMILES string of the molecule is O=C(O)c1c(-c2cncc(Br)c2)noc1C1CCCC1. The van der Waals surface area contributed by atoms with Gasteiger partial charge in [-0.3, -0.25) is 4.98 Å². The van der Waals surface area contributed by atoms with Gasteiger partial charge < -0.3 is 9.63 Å². The first kappa shape index (κ1) is 13.3. The zero-order valence-electron chi connectivity index (χ0n) is 10.7. The van der Waals surface area contributed by atoms with Gasteiger partial charge in [0.15, 0.2) is 5.76 Å². The largest absolute Gasteiger partial charge is 0.477 e. The Balaban J connectivity index is 2.09. The van der Waals surface area contributed by atoms with Crippen molar-refractivity contribution in [3.8, 4) is 11.3 Å². The number of nitrogens with zero attached hydrogens (tertiary/aromatic N) is 2. The number of rotatable bonds is 3. The summed E-state index contributed by atoms with van der Waals surface area (Å²) in [5, 5.41) is 13.5. The number of aromatic carboxylic acids is 1. The van der Waals surface area contributed by atoms with E-state index in [-0.39, 0.29) is 11.5 Å². The van der Waals surface area contributed by atoms with Crippen LogP contribution in [0.1, 0.15) is 47.7 Å². The Bertz CT molecular complexity index is 648. The molecule has 0 amide bonds. The number of carboxylic acid groups (broad SMARTS) is 1. The normalized spacial score (nSPS) is 15.7. The molecule has 0 bridgehead atoms. The predicted molar refractivity (Wildman–Crippen MR) is 75.6 cm³/mol. The number of pyridine rings is 1. The zero-order chi connectivity index (χ0) is 14.1.